The third kappa shape index (κ3) is 3.55. The number of aromatic nitrogens is 1. The summed E-state index contributed by atoms with van der Waals surface area (Å²) in [4.78, 5) is 5.60. The molecule has 0 fully saturated rings. The first-order chi connectivity index (χ1) is 8.65. The molecule has 4 heteroatoms. The van der Waals surface area contributed by atoms with E-state index in [4.69, 9.17) is 18.0 Å². The van der Waals surface area contributed by atoms with Gasteiger partial charge < -0.3 is 5.73 Å². The third-order valence-corrected chi connectivity index (χ3v) is 3.78. The van der Waals surface area contributed by atoms with Crippen LogP contribution < -0.4 is 5.73 Å². The van der Waals surface area contributed by atoms with Crippen molar-refractivity contribution in [3.8, 4) is 0 Å². The molecular formula is C14H14N2S2. The van der Waals surface area contributed by atoms with Crippen LogP contribution in [0.25, 0.3) is 0 Å². The monoisotopic (exact) mass is 274 g/mol. The van der Waals surface area contributed by atoms with Gasteiger partial charge in [0.25, 0.3) is 0 Å². The molecule has 0 aliphatic rings. The molecule has 0 unspecified atom stereocenters. The SMILES string of the molecule is Cc1ccc(CSc2ccnc(C(N)=S)c2)cc1. The average molecular weight is 274 g/mol. The van der Waals surface area contributed by atoms with Crippen molar-refractivity contribution in [3.63, 3.8) is 0 Å². The number of hydrogen-bond donors (Lipinski definition) is 1. The normalized spacial score (nSPS) is 10.3. The molecule has 2 rings (SSSR count). The second kappa shape index (κ2) is 5.98. The van der Waals surface area contributed by atoms with E-state index in [1.807, 2.05) is 12.1 Å². The first kappa shape index (κ1) is 13.1. The lowest BCUT2D eigenvalue weighted by molar-refractivity contribution is 1.23. The molecule has 1 aromatic carbocycles. The minimum absolute atomic E-state index is 0.341. The van der Waals surface area contributed by atoms with Crippen LogP contribution in [0.5, 0.6) is 0 Å². The molecule has 18 heavy (non-hydrogen) atoms. The number of nitrogens with zero attached hydrogens (tertiary/aromatic N) is 1. The molecule has 2 aromatic rings. The van der Waals surface area contributed by atoms with Gasteiger partial charge in [-0.25, -0.2) is 0 Å². The highest BCUT2D eigenvalue weighted by Crippen LogP contribution is 2.23. The van der Waals surface area contributed by atoms with E-state index in [0.29, 0.717) is 10.7 Å². The standard InChI is InChI=1S/C14H14N2S2/c1-10-2-4-11(5-3-10)9-18-12-6-7-16-13(8-12)14(15)17/h2-8H,9H2,1H3,(H2,15,17). The molecule has 2 nitrogen and oxygen atoms in total. The number of benzene rings is 1. The second-order valence-electron chi connectivity index (χ2n) is 4.02. The predicted molar refractivity (Wildman–Crippen MR) is 80.9 cm³/mol. The summed E-state index contributed by atoms with van der Waals surface area (Å²) in [6, 6.07) is 12.5. The van der Waals surface area contributed by atoms with Gasteiger partial charge in [-0.2, -0.15) is 0 Å². The lowest BCUT2D eigenvalue weighted by Gasteiger charge is -2.04. The van der Waals surface area contributed by atoms with Gasteiger partial charge in [-0.15, -0.1) is 11.8 Å². The number of rotatable bonds is 4. The van der Waals surface area contributed by atoms with E-state index in [2.05, 4.69) is 36.2 Å². The van der Waals surface area contributed by atoms with Crippen molar-refractivity contribution >= 4 is 29.0 Å². The summed E-state index contributed by atoms with van der Waals surface area (Å²) < 4.78 is 0. The van der Waals surface area contributed by atoms with Crippen LogP contribution in [0, 0.1) is 6.92 Å². The molecule has 2 N–H and O–H groups in total. The number of thioether (sulfide) groups is 1. The minimum Gasteiger partial charge on any atom is -0.388 e. The molecule has 0 spiro atoms. The van der Waals surface area contributed by atoms with Crippen molar-refractivity contribution in [2.45, 2.75) is 17.6 Å². The van der Waals surface area contributed by atoms with Crippen molar-refractivity contribution < 1.29 is 0 Å². The van der Waals surface area contributed by atoms with Crippen LogP contribution in [0.15, 0.2) is 47.5 Å². The summed E-state index contributed by atoms with van der Waals surface area (Å²) in [5, 5.41) is 0. The number of aryl methyl sites for hydroxylation is 1. The summed E-state index contributed by atoms with van der Waals surface area (Å²) in [7, 11) is 0. The predicted octanol–water partition coefficient (Wildman–Crippen LogP) is 3.32. The highest BCUT2D eigenvalue weighted by molar-refractivity contribution is 7.98. The Labute approximate surface area is 117 Å². The second-order valence-corrected chi connectivity index (χ2v) is 5.50. The fourth-order valence-electron chi connectivity index (χ4n) is 1.49. The van der Waals surface area contributed by atoms with Crippen LogP contribution in [-0.2, 0) is 5.75 Å². The lowest BCUT2D eigenvalue weighted by Crippen LogP contribution is -2.11. The number of hydrogen-bond acceptors (Lipinski definition) is 3. The number of pyridine rings is 1. The minimum atomic E-state index is 0.341. The van der Waals surface area contributed by atoms with Crippen molar-refractivity contribution in [1.82, 2.24) is 4.98 Å². The van der Waals surface area contributed by atoms with Crippen molar-refractivity contribution in [2.24, 2.45) is 5.73 Å². The molecule has 0 aliphatic carbocycles. The quantitative estimate of drug-likeness (QED) is 0.686. The molecule has 0 amide bonds. The summed E-state index contributed by atoms with van der Waals surface area (Å²) in [5.74, 6) is 0.932. The Kier molecular flexibility index (Phi) is 4.33. The van der Waals surface area contributed by atoms with Gasteiger partial charge in [-0.05, 0) is 24.6 Å². The van der Waals surface area contributed by atoms with Gasteiger partial charge in [0.05, 0.1) is 5.69 Å². The number of thiocarbonyl (C=S) groups is 1. The van der Waals surface area contributed by atoms with Crippen molar-refractivity contribution in [2.75, 3.05) is 0 Å². The lowest BCUT2D eigenvalue weighted by atomic mass is 10.2. The Morgan fingerprint density at radius 1 is 1.28 bits per heavy atom. The Morgan fingerprint density at radius 3 is 2.67 bits per heavy atom. The zero-order valence-corrected chi connectivity index (χ0v) is 11.7. The summed E-state index contributed by atoms with van der Waals surface area (Å²) in [6.45, 7) is 2.09. The Hall–Kier alpha value is -1.39. The van der Waals surface area contributed by atoms with Gasteiger partial charge in [0.2, 0.25) is 0 Å². The highest BCUT2D eigenvalue weighted by atomic mass is 32.2. The van der Waals surface area contributed by atoms with Gasteiger partial charge in [-0.1, -0.05) is 42.0 Å². The fourth-order valence-corrected chi connectivity index (χ4v) is 2.48. The molecule has 1 aromatic heterocycles. The molecule has 0 aliphatic heterocycles. The number of nitrogens with two attached hydrogens (primary N) is 1. The first-order valence-electron chi connectivity index (χ1n) is 5.59. The van der Waals surface area contributed by atoms with Gasteiger partial charge in [0.15, 0.2) is 0 Å². The Bertz CT molecular complexity index is 550. The van der Waals surface area contributed by atoms with E-state index >= 15 is 0 Å². The summed E-state index contributed by atoms with van der Waals surface area (Å²) >= 11 is 6.68. The Balaban J connectivity index is 2.04. The molecule has 0 atom stereocenters. The summed E-state index contributed by atoms with van der Waals surface area (Å²) in [6.07, 6.45) is 1.74. The van der Waals surface area contributed by atoms with Crippen LogP contribution in [-0.4, -0.2) is 9.97 Å². The van der Waals surface area contributed by atoms with E-state index < -0.39 is 0 Å². The summed E-state index contributed by atoms with van der Waals surface area (Å²) in [5.41, 5.74) is 8.83. The third-order valence-electron chi connectivity index (χ3n) is 2.51. The zero-order chi connectivity index (χ0) is 13.0. The van der Waals surface area contributed by atoms with E-state index in [0.717, 1.165) is 10.6 Å². The van der Waals surface area contributed by atoms with Crippen LogP contribution >= 0.6 is 24.0 Å². The van der Waals surface area contributed by atoms with Crippen LogP contribution in [0.4, 0.5) is 0 Å². The molecule has 0 saturated heterocycles. The van der Waals surface area contributed by atoms with E-state index in [9.17, 15) is 0 Å². The Morgan fingerprint density at radius 2 is 2.00 bits per heavy atom. The van der Waals surface area contributed by atoms with E-state index in [1.54, 1.807) is 18.0 Å². The molecule has 1 heterocycles. The van der Waals surface area contributed by atoms with Gasteiger partial charge in [0.1, 0.15) is 4.99 Å². The first-order valence-corrected chi connectivity index (χ1v) is 6.99. The van der Waals surface area contributed by atoms with Gasteiger partial charge >= 0.3 is 0 Å². The van der Waals surface area contributed by atoms with Crippen molar-refractivity contribution in [3.05, 3.63) is 59.4 Å². The maximum absolute atomic E-state index is 5.57. The van der Waals surface area contributed by atoms with Gasteiger partial charge in [-0.3, -0.25) is 4.98 Å². The zero-order valence-electron chi connectivity index (χ0n) is 10.1. The molecular weight excluding hydrogens is 260 g/mol. The smallest absolute Gasteiger partial charge is 0.122 e. The maximum atomic E-state index is 5.57. The molecule has 92 valence electrons. The largest absolute Gasteiger partial charge is 0.388 e. The maximum Gasteiger partial charge on any atom is 0.122 e. The molecule has 0 radical (unpaired) electrons. The van der Waals surface area contributed by atoms with Crippen LogP contribution in [0.1, 0.15) is 16.8 Å². The average Bonchev–Trinajstić information content (AvgIpc) is 2.38. The fraction of sp³-hybridized carbons (Fsp3) is 0.143. The molecule has 0 bridgehead atoms. The van der Waals surface area contributed by atoms with Crippen LogP contribution in [0.2, 0.25) is 0 Å². The van der Waals surface area contributed by atoms with E-state index in [-0.39, 0.29) is 0 Å². The van der Waals surface area contributed by atoms with Gasteiger partial charge in [0, 0.05) is 16.8 Å². The topological polar surface area (TPSA) is 38.9 Å². The van der Waals surface area contributed by atoms with Crippen LogP contribution in [0.3, 0.4) is 0 Å². The van der Waals surface area contributed by atoms with Crippen molar-refractivity contribution in [1.29, 1.82) is 0 Å². The molecule has 0 saturated carbocycles. The van der Waals surface area contributed by atoms with E-state index in [1.165, 1.54) is 11.1 Å². The highest BCUT2D eigenvalue weighted by Gasteiger charge is 2.01.